The van der Waals surface area contributed by atoms with Crippen molar-refractivity contribution in [1.29, 1.82) is 0 Å². The molecular formula is C12H17BO8. The smallest absolute Gasteiger partial charge is 0.421 e. The lowest BCUT2D eigenvalue weighted by atomic mass is 9.67. The van der Waals surface area contributed by atoms with E-state index in [0.717, 1.165) is 0 Å². The summed E-state index contributed by atoms with van der Waals surface area (Å²) in [6.45, 7) is -0.932. The largest absolute Gasteiger partial charge is 0.530 e. The van der Waals surface area contributed by atoms with Crippen LogP contribution in [0.5, 0.6) is 0 Å². The summed E-state index contributed by atoms with van der Waals surface area (Å²) in [5.41, 5.74) is -4.66. The van der Waals surface area contributed by atoms with Crippen LogP contribution in [0.2, 0.25) is 0 Å². The van der Waals surface area contributed by atoms with Crippen LogP contribution in [-0.2, 0) is 10.4 Å². The third-order valence-corrected chi connectivity index (χ3v) is 3.16. The van der Waals surface area contributed by atoms with E-state index in [9.17, 15) is 25.2 Å². The molecule has 7 N–H and O–H groups in total. The molecule has 1 aromatic carbocycles. The van der Waals surface area contributed by atoms with Crippen LogP contribution in [0.1, 0.15) is 5.56 Å². The highest BCUT2D eigenvalue weighted by atomic mass is 16.4. The second kappa shape index (κ2) is 7.10. The second-order valence-corrected chi connectivity index (χ2v) is 4.56. The molecule has 0 unspecified atom stereocenters. The molecule has 0 aromatic heterocycles. The van der Waals surface area contributed by atoms with Crippen molar-refractivity contribution >= 4 is 12.8 Å². The van der Waals surface area contributed by atoms with Crippen LogP contribution in [0, 0.1) is 0 Å². The van der Waals surface area contributed by atoms with Crippen molar-refractivity contribution in [3.8, 4) is 0 Å². The predicted molar refractivity (Wildman–Crippen MR) is 70.6 cm³/mol. The third-order valence-electron chi connectivity index (χ3n) is 3.16. The molecule has 0 aliphatic rings. The van der Waals surface area contributed by atoms with Gasteiger partial charge in [0.25, 0.3) is 0 Å². The fourth-order valence-electron chi connectivity index (χ4n) is 1.91. The van der Waals surface area contributed by atoms with E-state index >= 15 is 0 Å². The Kier molecular flexibility index (Phi) is 5.99. The van der Waals surface area contributed by atoms with Gasteiger partial charge in [-0.1, -0.05) is 30.3 Å². The number of hydrogen-bond acceptors (Lipinski definition) is 8. The number of rotatable bonds is 7. The lowest BCUT2D eigenvalue weighted by Gasteiger charge is -2.35. The minimum Gasteiger partial charge on any atom is -0.421 e. The van der Waals surface area contributed by atoms with Crippen LogP contribution in [0.15, 0.2) is 30.3 Å². The third kappa shape index (κ3) is 3.47. The first-order valence-electron chi connectivity index (χ1n) is 6.10. The summed E-state index contributed by atoms with van der Waals surface area (Å²) in [6, 6.07) is 6.83. The quantitative estimate of drug-likeness (QED) is 0.256. The minimum absolute atomic E-state index is 0.209. The zero-order valence-corrected chi connectivity index (χ0v) is 10.9. The van der Waals surface area contributed by atoms with Gasteiger partial charge in [-0.05, 0) is 5.56 Å². The van der Waals surface area contributed by atoms with Crippen molar-refractivity contribution in [3.05, 3.63) is 35.9 Å². The Morgan fingerprint density at radius 1 is 1.14 bits per heavy atom. The van der Waals surface area contributed by atoms with E-state index in [1.54, 1.807) is 6.07 Å². The number of aliphatic hydroxyl groups is 5. The molecule has 21 heavy (non-hydrogen) atoms. The van der Waals surface area contributed by atoms with Gasteiger partial charge in [0.05, 0.1) is 6.61 Å². The molecule has 0 radical (unpaired) electrons. The normalized spacial score (nSPS) is 18.4. The zero-order chi connectivity index (χ0) is 16.2. The van der Waals surface area contributed by atoms with Gasteiger partial charge in [0.1, 0.15) is 18.3 Å². The molecule has 8 nitrogen and oxygen atoms in total. The summed E-state index contributed by atoms with van der Waals surface area (Å²) in [6.07, 6.45) is -6.22. The molecule has 1 aromatic rings. The fraction of sp³-hybridized carbons (Fsp3) is 0.417. The molecule has 1 rings (SSSR count). The molecule has 4 atom stereocenters. The lowest BCUT2D eigenvalue weighted by molar-refractivity contribution is -0.173. The maximum absolute atomic E-state index is 11.9. The molecule has 9 heteroatoms. The number of carbonyl (C=O) groups is 1. The average molecular weight is 300 g/mol. The monoisotopic (exact) mass is 300 g/mol. The van der Waals surface area contributed by atoms with Gasteiger partial charge in [-0.25, -0.2) is 0 Å². The highest BCUT2D eigenvalue weighted by molar-refractivity contribution is 6.79. The van der Waals surface area contributed by atoms with Crippen LogP contribution < -0.4 is 0 Å². The SMILES string of the molecule is O=C(B(O)O)[C@@](O)(c1ccccc1)[C@@H](O)[C@H](O)[C@H](O)CO. The van der Waals surface area contributed by atoms with Crippen molar-refractivity contribution in [2.45, 2.75) is 23.9 Å². The molecule has 0 saturated carbocycles. The van der Waals surface area contributed by atoms with Gasteiger partial charge >= 0.3 is 7.12 Å². The summed E-state index contributed by atoms with van der Waals surface area (Å²) < 4.78 is 0. The number of aliphatic hydroxyl groups excluding tert-OH is 4. The first-order chi connectivity index (χ1) is 9.76. The van der Waals surface area contributed by atoms with Crippen LogP contribution in [0.25, 0.3) is 0 Å². The van der Waals surface area contributed by atoms with E-state index in [-0.39, 0.29) is 5.56 Å². The highest BCUT2D eigenvalue weighted by Crippen LogP contribution is 2.29. The van der Waals surface area contributed by atoms with Gasteiger partial charge in [0.2, 0.25) is 5.68 Å². The predicted octanol–water partition coefficient (Wildman–Crippen LogP) is -3.47. The Hall–Kier alpha value is -1.33. The summed E-state index contributed by atoms with van der Waals surface area (Å²) >= 11 is 0. The lowest BCUT2D eigenvalue weighted by Crippen LogP contribution is -2.59. The Morgan fingerprint density at radius 2 is 1.67 bits per heavy atom. The summed E-state index contributed by atoms with van der Waals surface area (Å²) in [5, 5.41) is 66.2. The van der Waals surface area contributed by atoms with E-state index in [1.165, 1.54) is 24.3 Å². The number of hydrogen-bond donors (Lipinski definition) is 7. The van der Waals surface area contributed by atoms with Crippen LogP contribution in [0.3, 0.4) is 0 Å². The van der Waals surface area contributed by atoms with E-state index in [1.807, 2.05) is 0 Å². The van der Waals surface area contributed by atoms with Gasteiger partial charge in [-0.15, -0.1) is 0 Å². The van der Waals surface area contributed by atoms with Crippen molar-refractivity contribution in [2.75, 3.05) is 6.61 Å². The van der Waals surface area contributed by atoms with Crippen LogP contribution in [-0.4, -0.2) is 73.3 Å². The van der Waals surface area contributed by atoms with Crippen molar-refractivity contribution in [2.24, 2.45) is 0 Å². The van der Waals surface area contributed by atoms with E-state index in [0.29, 0.717) is 0 Å². The van der Waals surface area contributed by atoms with Crippen molar-refractivity contribution < 1.29 is 40.4 Å². The molecule has 0 spiro atoms. The van der Waals surface area contributed by atoms with E-state index in [2.05, 4.69) is 0 Å². The molecule has 0 saturated heterocycles. The molecule has 0 fully saturated rings. The molecular weight excluding hydrogens is 283 g/mol. The summed E-state index contributed by atoms with van der Waals surface area (Å²) in [7, 11) is -2.61. The average Bonchev–Trinajstić information content (AvgIpc) is 2.51. The molecule has 116 valence electrons. The van der Waals surface area contributed by atoms with E-state index in [4.69, 9.17) is 15.2 Å². The van der Waals surface area contributed by atoms with Crippen LogP contribution in [0.4, 0.5) is 0 Å². The van der Waals surface area contributed by atoms with Gasteiger partial charge in [0, 0.05) is 0 Å². The molecule has 0 aliphatic carbocycles. The standard InChI is InChI=1S/C12H17BO8/c14-6-8(15)9(16)10(17)12(19,11(18)13(20)21)7-4-2-1-3-5-7/h1-5,8-10,14-17,19-21H,6H2/t8-,9-,10+,12-/m1/s1. The Bertz CT molecular complexity index is 468. The second-order valence-electron chi connectivity index (χ2n) is 4.56. The van der Waals surface area contributed by atoms with Crippen LogP contribution >= 0.6 is 0 Å². The maximum atomic E-state index is 11.9. The molecule has 0 heterocycles. The highest BCUT2D eigenvalue weighted by Gasteiger charge is 2.52. The number of benzene rings is 1. The molecule has 0 aliphatic heterocycles. The Morgan fingerprint density at radius 3 is 2.10 bits per heavy atom. The van der Waals surface area contributed by atoms with Gasteiger partial charge in [0.15, 0.2) is 5.60 Å². The van der Waals surface area contributed by atoms with Gasteiger partial charge < -0.3 is 40.4 Å². The van der Waals surface area contributed by atoms with Crippen molar-refractivity contribution in [1.82, 2.24) is 0 Å². The maximum Gasteiger partial charge on any atom is 0.530 e. The van der Waals surface area contributed by atoms with Crippen molar-refractivity contribution in [3.63, 3.8) is 0 Å². The topological polar surface area (TPSA) is 159 Å². The fourth-order valence-corrected chi connectivity index (χ4v) is 1.91. The Balaban J connectivity index is 3.29. The summed E-state index contributed by atoms with van der Waals surface area (Å²) in [5.74, 6) is 0. The van der Waals surface area contributed by atoms with E-state index < -0.39 is 43.3 Å². The minimum atomic E-state index is -2.87. The van der Waals surface area contributed by atoms with Gasteiger partial charge in [-0.2, -0.15) is 0 Å². The number of carbonyl (C=O) groups excluding carboxylic acids is 1. The molecule has 0 bridgehead atoms. The molecule has 0 amide bonds. The Labute approximate surface area is 120 Å². The zero-order valence-electron chi connectivity index (χ0n) is 10.9. The first kappa shape index (κ1) is 17.7. The summed E-state index contributed by atoms with van der Waals surface area (Å²) in [4.78, 5) is 11.9. The van der Waals surface area contributed by atoms with Gasteiger partial charge in [-0.3, -0.25) is 0 Å². The first-order valence-corrected chi connectivity index (χ1v) is 6.10.